The van der Waals surface area contributed by atoms with Gasteiger partial charge in [0.15, 0.2) is 10.4 Å². The Morgan fingerprint density at radius 1 is 1.19 bits per heavy atom. The van der Waals surface area contributed by atoms with Gasteiger partial charge in [-0.15, -0.1) is 0 Å². The Balaban J connectivity index is 1.49. The Bertz CT molecular complexity index is 854. The summed E-state index contributed by atoms with van der Waals surface area (Å²) in [5.74, 6) is 1.40. The molecule has 0 aromatic carbocycles. The summed E-state index contributed by atoms with van der Waals surface area (Å²) in [5, 5.41) is 4.55. The molecule has 2 aromatic rings. The Kier molecular flexibility index (Phi) is 4.77. The van der Waals surface area contributed by atoms with Crippen molar-refractivity contribution in [2.75, 3.05) is 13.1 Å². The fraction of sp³-hybridized carbons (Fsp3) is 0.611. The average molecular weight is 423 g/mol. The topological polar surface area (TPSA) is 73.3 Å². The van der Waals surface area contributed by atoms with Crippen molar-refractivity contribution in [3.8, 4) is 0 Å². The second-order valence-corrected chi connectivity index (χ2v) is 8.02. The minimum Gasteiger partial charge on any atom is -0.444 e. The molecule has 1 aliphatic heterocycles. The molecule has 4 rings (SSSR count). The van der Waals surface area contributed by atoms with E-state index in [-0.39, 0.29) is 23.6 Å². The van der Waals surface area contributed by atoms with Gasteiger partial charge in [0, 0.05) is 32.1 Å². The van der Waals surface area contributed by atoms with Crippen molar-refractivity contribution in [1.82, 2.24) is 19.2 Å². The summed E-state index contributed by atoms with van der Waals surface area (Å²) < 4.78 is 9.33. The van der Waals surface area contributed by atoms with E-state index in [4.69, 9.17) is 4.42 Å². The van der Waals surface area contributed by atoms with E-state index >= 15 is 0 Å². The van der Waals surface area contributed by atoms with Gasteiger partial charge >= 0.3 is 5.69 Å². The van der Waals surface area contributed by atoms with Gasteiger partial charge in [-0.25, -0.2) is 9.48 Å². The molecule has 0 unspecified atom stereocenters. The van der Waals surface area contributed by atoms with Crippen LogP contribution in [0, 0.1) is 0 Å². The summed E-state index contributed by atoms with van der Waals surface area (Å²) in [6, 6.07) is 3.70. The summed E-state index contributed by atoms with van der Waals surface area (Å²) in [5.41, 5.74) is -0.00848. The highest BCUT2D eigenvalue weighted by molar-refractivity contribution is 9.10. The van der Waals surface area contributed by atoms with Crippen LogP contribution in [-0.2, 0) is 7.05 Å². The fourth-order valence-electron chi connectivity index (χ4n) is 4.21. The van der Waals surface area contributed by atoms with E-state index in [9.17, 15) is 9.59 Å². The zero-order valence-electron chi connectivity index (χ0n) is 14.9. The number of hydrogen-bond acceptors (Lipinski definition) is 4. The molecule has 1 amide bonds. The van der Waals surface area contributed by atoms with E-state index in [0.717, 1.165) is 31.5 Å². The van der Waals surface area contributed by atoms with Gasteiger partial charge in [-0.2, -0.15) is 5.10 Å². The molecule has 0 bridgehead atoms. The lowest BCUT2D eigenvalue weighted by Gasteiger charge is -2.31. The molecule has 26 heavy (non-hydrogen) atoms. The molecule has 0 radical (unpaired) electrons. The van der Waals surface area contributed by atoms with Gasteiger partial charge < -0.3 is 9.32 Å². The number of halogens is 1. The molecule has 0 atom stereocenters. The van der Waals surface area contributed by atoms with Crippen LogP contribution in [0.4, 0.5) is 0 Å². The van der Waals surface area contributed by atoms with Crippen molar-refractivity contribution in [3.63, 3.8) is 0 Å². The van der Waals surface area contributed by atoms with Crippen LogP contribution < -0.4 is 5.69 Å². The summed E-state index contributed by atoms with van der Waals surface area (Å²) in [4.78, 5) is 26.9. The highest BCUT2D eigenvalue weighted by Crippen LogP contribution is 2.33. The lowest BCUT2D eigenvalue weighted by Crippen LogP contribution is -2.38. The summed E-state index contributed by atoms with van der Waals surface area (Å²) in [6.45, 7) is 1.30. The van der Waals surface area contributed by atoms with Crippen molar-refractivity contribution in [2.24, 2.45) is 7.05 Å². The molecule has 1 aliphatic carbocycles. The number of piperidine rings is 1. The van der Waals surface area contributed by atoms with Crippen LogP contribution in [-0.4, -0.2) is 38.2 Å². The van der Waals surface area contributed by atoms with Gasteiger partial charge in [0.2, 0.25) is 0 Å². The van der Waals surface area contributed by atoms with Crippen molar-refractivity contribution >= 4 is 21.8 Å². The number of aryl methyl sites for hydroxylation is 1. The maximum absolute atomic E-state index is 12.6. The SMILES string of the molecule is Cn1nc(C2CCN(C(=O)c3ccc(Br)o3)CC2)n(C2CCCC2)c1=O. The fourth-order valence-corrected chi connectivity index (χ4v) is 4.52. The number of furan rings is 1. The predicted octanol–water partition coefficient (Wildman–Crippen LogP) is 3.07. The monoisotopic (exact) mass is 422 g/mol. The first kappa shape index (κ1) is 17.6. The molecular weight excluding hydrogens is 400 g/mol. The lowest BCUT2D eigenvalue weighted by atomic mass is 9.95. The standard InChI is InChI=1S/C18H23BrN4O3/c1-21-18(25)23(13-4-2-3-5-13)16(20-21)12-8-10-22(11-9-12)17(24)14-6-7-15(19)26-14/h6-7,12-13H,2-5,8-11H2,1H3. The Hall–Kier alpha value is -1.83. The molecular formula is C18H23BrN4O3. The molecule has 2 fully saturated rings. The highest BCUT2D eigenvalue weighted by atomic mass is 79.9. The van der Waals surface area contributed by atoms with E-state index in [2.05, 4.69) is 21.0 Å². The van der Waals surface area contributed by atoms with Gasteiger partial charge in [0.05, 0.1) is 0 Å². The van der Waals surface area contributed by atoms with Gasteiger partial charge in [0.1, 0.15) is 5.82 Å². The largest absolute Gasteiger partial charge is 0.444 e. The van der Waals surface area contributed by atoms with Gasteiger partial charge in [-0.05, 0) is 53.7 Å². The minimum atomic E-state index is -0.0802. The van der Waals surface area contributed by atoms with E-state index in [0.29, 0.717) is 23.5 Å². The quantitative estimate of drug-likeness (QED) is 0.761. The Morgan fingerprint density at radius 3 is 2.50 bits per heavy atom. The third-order valence-electron chi connectivity index (χ3n) is 5.60. The molecule has 8 heteroatoms. The molecule has 1 saturated carbocycles. The lowest BCUT2D eigenvalue weighted by molar-refractivity contribution is 0.0676. The van der Waals surface area contributed by atoms with Crippen LogP contribution in [0.3, 0.4) is 0 Å². The number of carbonyl (C=O) groups excluding carboxylic acids is 1. The molecule has 140 valence electrons. The average Bonchev–Trinajstić information content (AvgIpc) is 3.37. The second-order valence-electron chi connectivity index (χ2n) is 7.24. The molecule has 2 aliphatic rings. The van der Waals surface area contributed by atoms with Crippen molar-refractivity contribution in [2.45, 2.75) is 50.5 Å². The number of carbonyl (C=O) groups is 1. The van der Waals surface area contributed by atoms with Crippen LogP contribution in [0.25, 0.3) is 0 Å². The predicted molar refractivity (Wildman–Crippen MR) is 99.3 cm³/mol. The first-order chi connectivity index (χ1) is 12.5. The molecule has 0 N–H and O–H groups in total. The van der Waals surface area contributed by atoms with Crippen LogP contribution >= 0.6 is 15.9 Å². The van der Waals surface area contributed by atoms with Gasteiger partial charge in [0.25, 0.3) is 5.91 Å². The van der Waals surface area contributed by atoms with Crippen LogP contribution in [0.1, 0.15) is 66.9 Å². The number of rotatable bonds is 3. The van der Waals surface area contributed by atoms with Crippen molar-refractivity contribution in [3.05, 3.63) is 38.9 Å². The zero-order chi connectivity index (χ0) is 18.3. The third kappa shape index (κ3) is 3.15. The van der Waals surface area contributed by atoms with Gasteiger partial charge in [-0.1, -0.05) is 12.8 Å². The van der Waals surface area contributed by atoms with Crippen molar-refractivity contribution in [1.29, 1.82) is 0 Å². The first-order valence-electron chi connectivity index (χ1n) is 9.24. The van der Waals surface area contributed by atoms with E-state index < -0.39 is 0 Å². The zero-order valence-corrected chi connectivity index (χ0v) is 16.4. The number of likely N-dealkylation sites (tertiary alicyclic amines) is 1. The van der Waals surface area contributed by atoms with Crippen LogP contribution in [0.2, 0.25) is 0 Å². The molecule has 2 aromatic heterocycles. The summed E-state index contributed by atoms with van der Waals surface area (Å²) >= 11 is 3.23. The van der Waals surface area contributed by atoms with Crippen LogP contribution in [0.15, 0.2) is 26.0 Å². The van der Waals surface area contributed by atoms with Crippen molar-refractivity contribution < 1.29 is 9.21 Å². The maximum atomic E-state index is 12.6. The smallest absolute Gasteiger partial charge is 0.345 e. The van der Waals surface area contributed by atoms with Gasteiger partial charge in [-0.3, -0.25) is 9.36 Å². The number of nitrogens with zero attached hydrogens (tertiary/aromatic N) is 4. The Labute approximate surface area is 160 Å². The molecule has 3 heterocycles. The Morgan fingerprint density at radius 2 is 1.88 bits per heavy atom. The molecule has 1 saturated heterocycles. The molecule has 0 spiro atoms. The number of hydrogen-bond donors (Lipinski definition) is 0. The van der Waals surface area contributed by atoms with E-state index in [1.807, 2.05) is 9.47 Å². The normalized spacial score (nSPS) is 19.4. The third-order valence-corrected chi connectivity index (χ3v) is 6.03. The number of amides is 1. The highest BCUT2D eigenvalue weighted by Gasteiger charge is 2.32. The maximum Gasteiger partial charge on any atom is 0.345 e. The number of aromatic nitrogens is 3. The summed E-state index contributed by atoms with van der Waals surface area (Å²) in [6.07, 6.45) is 6.11. The molecule has 7 nitrogen and oxygen atoms in total. The second kappa shape index (κ2) is 7.06. The van der Waals surface area contributed by atoms with Crippen LogP contribution in [0.5, 0.6) is 0 Å². The van der Waals surface area contributed by atoms with E-state index in [1.54, 1.807) is 19.2 Å². The first-order valence-corrected chi connectivity index (χ1v) is 10.0. The minimum absolute atomic E-state index is 0.00848. The summed E-state index contributed by atoms with van der Waals surface area (Å²) in [7, 11) is 1.73. The van der Waals surface area contributed by atoms with E-state index in [1.165, 1.54) is 17.5 Å².